The third kappa shape index (κ3) is 3.74. The van der Waals surface area contributed by atoms with Gasteiger partial charge in [0.1, 0.15) is 5.25 Å². The largest absolute Gasteiger partial charge is 0.480 e. The van der Waals surface area contributed by atoms with Gasteiger partial charge in [0.2, 0.25) is 0 Å². The highest BCUT2D eigenvalue weighted by molar-refractivity contribution is 7.81. The van der Waals surface area contributed by atoms with Crippen LogP contribution in [0.15, 0.2) is 0 Å². The molecule has 2 unspecified atom stereocenters. The van der Waals surface area contributed by atoms with Gasteiger partial charge in [-0.3, -0.25) is 4.79 Å². The Hall–Kier alpha value is -0.220. The minimum Gasteiger partial charge on any atom is -0.480 e. The van der Waals surface area contributed by atoms with Crippen molar-refractivity contribution in [3.05, 3.63) is 0 Å². The zero-order chi connectivity index (χ0) is 8.15. The molecule has 0 aromatic carbocycles. The molecule has 0 fully saturated rings. The molecule has 0 heterocycles. The predicted octanol–water partition coefficient (Wildman–Crippen LogP) is 0.794. The summed E-state index contributed by atoms with van der Waals surface area (Å²) in [5.41, 5.74) is 0. The predicted molar refractivity (Wildman–Crippen MR) is 41.5 cm³/mol. The molecule has 0 saturated carbocycles. The molecule has 0 aliphatic rings. The molecule has 0 radical (unpaired) electrons. The minimum atomic E-state index is -0.896. The van der Waals surface area contributed by atoms with E-state index in [1.165, 1.54) is 0 Å². The number of thiol groups is 1. The van der Waals surface area contributed by atoms with Crippen LogP contribution in [0.3, 0.4) is 0 Å². The van der Waals surface area contributed by atoms with E-state index < -0.39 is 11.2 Å². The average Bonchev–Trinajstić information content (AvgIpc) is 1.87. The van der Waals surface area contributed by atoms with Crippen LogP contribution in [0.4, 0.5) is 0 Å². The summed E-state index contributed by atoms with van der Waals surface area (Å²) in [5, 5.41) is 7.78. The molecule has 0 rings (SSSR count). The number of aliphatic carboxylic acids is 1. The molecule has 0 aromatic rings. The molecule has 0 aliphatic heterocycles. The number of methoxy groups -OCH3 is 1. The Morgan fingerprint density at radius 2 is 2.30 bits per heavy atom. The van der Waals surface area contributed by atoms with Crippen molar-refractivity contribution in [3.63, 3.8) is 0 Å². The van der Waals surface area contributed by atoms with Gasteiger partial charge in [-0.1, -0.05) is 0 Å². The normalized spacial score (nSPS) is 16.3. The molecule has 10 heavy (non-hydrogen) atoms. The van der Waals surface area contributed by atoms with Crippen LogP contribution < -0.4 is 0 Å². The highest BCUT2D eigenvalue weighted by Gasteiger charge is 2.14. The fourth-order valence-corrected chi connectivity index (χ4v) is 0.808. The number of hydrogen-bond donors (Lipinski definition) is 2. The SMILES string of the molecule is COC(C)CC(S)C(=O)O. The summed E-state index contributed by atoms with van der Waals surface area (Å²) in [7, 11) is 1.55. The fraction of sp³-hybridized carbons (Fsp3) is 0.833. The maximum atomic E-state index is 10.2. The van der Waals surface area contributed by atoms with Gasteiger partial charge in [0.15, 0.2) is 0 Å². The second-order valence-corrected chi connectivity index (χ2v) is 2.76. The Bertz CT molecular complexity index is 116. The molecule has 0 bridgehead atoms. The summed E-state index contributed by atoms with van der Waals surface area (Å²) >= 11 is 3.84. The smallest absolute Gasteiger partial charge is 0.316 e. The molecular weight excluding hydrogens is 152 g/mol. The topological polar surface area (TPSA) is 46.5 Å². The molecule has 0 amide bonds. The quantitative estimate of drug-likeness (QED) is 0.604. The molecule has 0 spiro atoms. The van der Waals surface area contributed by atoms with Crippen molar-refractivity contribution in [3.8, 4) is 0 Å². The molecule has 2 atom stereocenters. The monoisotopic (exact) mass is 164 g/mol. The first-order valence-corrected chi connectivity index (χ1v) is 3.53. The van der Waals surface area contributed by atoms with Crippen molar-refractivity contribution in [2.24, 2.45) is 0 Å². The van der Waals surface area contributed by atoms with Crippen LogP contribution in [-0.4, -0.2) is 29.5 Å². The van der Waals surface area contributed by atoms with E-state index in [4.69, 9.17) is 9.84 Å². The van der Waals surface area contributed by atoms with E-state index >= 15 is 0 Å². The van der Waals surface area contributed by atoms with E-state index in [1.807, 2.05) is 6.92 Å². The van der Waals surface area contributed by atoms with Crippen molar-refractivity contribution in [1.82, 2.24) is 0 Å². The second kappa shape index (κ2) is 4.57. The maximum Gasteiger partial charge on any atom is 0.316 e. The van der Waals surface area contributed by atoms with Crippen LogP contribution in [0.25, 0.3) is 0 Å². The molecular formula is C6H12O3S. The zero-order valence-corrected chi connectivity index (χ0v) is 6.97. The average molecular weight is 164 g/mol. The first-order chi connectivity index (χ1) is 4.57. The Balaban J connectivity index is 3.56. The number of carboxylic acids is 1. The molecule has 1 N–H and O–H groups in total. The molecule has 4 heteroatoms. The van der Waals surface area contributed by atoms with Gasteiger partial charge in [0.25, 0.3) is 0 Å². The molecule has 0 aromatic heterocycles. The van der Waals surface area contributed by atoms with Crippen LogP contribution in [0.2, 0.25) is 0 Å². The van der Waals surface area contributed by atoms with Crippen LogP contribution in [0.5, 0.6) is 0 Å². The summed E-state index contributed by atoms with van der Waals surface area (Å²) in [6.45, 7) is 1.81. The van der Waals surface area contributed by atoms with E-state index in [0.717, 1.165) is 0 Å². The van der Waals surface area contributed by atoms with Crippen LogP contribution in [-0.2, 0) is 9.53 Å². The summed E-state index contributed by atoms with van der Waals surface area (Å²) in [6, 6.07) is 0. The zero-order valence-electron chi connectivity index (χ0n) is 6.07. The number of carbonyl (C=O) groups is 1. The lowest BCUT2D eigenvalue weighted by Crippen LogP contribution is -2.20. The molecule has 0 aliphatic carbocycles. The van der Waals surface area contributed by atoms with Gasteiger partial charge >= 0.3 is 5.97 Å². The minimum absolute atomic E-state index is 0.0430. The Morgan fingerprint density at radius 1 is 1.80 bits per heavy atom. The lowest BCUT2D eigenvalue weighted by atomic mass is 10.2. The number of rotatable bonds is 4. The summed E-state index contributed by atoms with van der Waals surface area (Å²) in [4.78, 5) is 10.2. The molecule has 0 saturated heterocycles. The Morgan fingerprint density at radius 3 is 2.60 bits per heavy atom. The van der Waals surface area contributed by atoms with E-state index in [0.29, 0.717) is 6.42 Å². The van der Waals surface area contributed by atoms with Gasteiger partial charge in [-0.15, -0.1) is 0 Å². The summed E-state index contributed by atoms with van der Waals surface area (Å²) < 4.78 is 4.86. The third-order valence-electron chi connectivity index (χ3n) is 1.24. The highest BCUT2D eigenvalue weighted by atomic mass is 32.1. The van der Waals surface area contributed by atoms with Gasteiger partial charge in [-0.05, 0) is 13.3 Å². The fourth-order valence-electron chi connectivity index (χ4n) is 0.511. The van der Waals surface area contributed by atoms with Crippen LogP contribution >= 0.6 is 12.6 Å². The van der Waals surface area contributed by atoms with Crippen molar-refractivity contribution in [2.75, 3.05) is 7.11 Å². The van der Waals surface area contributed by atoms with Crippen molar-refractivity contribution >= 4 is 18.6 Å². The Labute approximate surface area is 65.8 Å². The van der Waals surface area contributed by atoms with E-state index in [2.05, 4.69) is 12.6 Å². The van der Waals surface area contributed by atoms with Crippen LogP contribution in [0, 0.1) is 0 Å². The highest BCUT2D eigenvalue weighted by Crippen LogP contribution is 2.06. The van der Waals surface area contributed by atoms with Crippen molar-refractivity contribution in [2.45, 2.75) is 24.7 Å². The van der Waals surface area contributed by atoms with E-state index in [-0.39, 0.29) is 6.10 Å². The lowest BCUT2D eigenvalue weighted by molar-refractivity contribution is -0.137. The van der Waals surface area contributed by atoms with E-state index in [9.17, 15) is 4.79 Å². The first-order valence-electron chi connectivity index (χ1n) is 3.01. The number of ether oxygens (including phenoxy) is 1. The third-order valence-corrected chi connectivity index (χ3v) is 1.67. The lowest BCUT2D eigenvalue weighted by Gasteiger charge is -2.10. The number of hydrogen-bond acceptors (Lipinski definition) is 3. The molecule has 3 nitrogen and oxygen atoms in total. The first kappa shape index (κ1) is 9.78. The van der Waals surface area contributed by atoms with Crippen molar-refractivity contribution < 1.29 is 14.6 Å². The summed E-state index contributed by atoms with van der Waals surface area (Å²) in [5.74, 6) is -0.896. The molecule has 60 valence electrons. The number of carboxylic acid groups (broad SMARTS) is 1. The van der Waals surface area contributed by atoms with Gasteiger partial charge < -0.3 is 9.84 Å². The second-order valence-electron chi connectivity index (χ2n) is 2.14. The standard InChI is InChI=1S/C6H12O3S/c1-4(9-2)3-5(10)6(7)8/h4-5,10H,3H2,1-2H3,(H,7,8). The summed E-state index contributed by atoms with van der Waals surface area (Å²) in [6.07, 6.45) is 0.396. The van der Waals surface area contributed by atoms with Crippen LogP contribution in [0.1, 0.15) is 13.3 Å². The maximum absolute atomic E-state index is 10.2. The van der Waals surface area contributed by atoms with Gasteiger partial charge in [0.05, 0.1) is 6.10 Å². The van der Waals surface area contributed by atoms with E-state index in [1.54, 1.807) is 7.11 Å². The van der Waals surface area contributed by atoms with Gasteiger partial charge in [-0.25, -0.2) is 0 Å². The van der Waals surface area contributed by atoms with Crippen molar-refractivity contribution in [1.29, 1.82) is 0 Å². The van der Waals surface area contributed by atoms with Gasteiger partial charge in [-0.2, -0.15) is 12.6 Å². The Kier molecular flexibility index (Phi) is 4.47. The van der Waals surface area contributed by atoms with Gasteiger partial charge in [0, 0.05) is 7.11 Å².